The summed E-state index contributed by atoms with van der Waals surface area (Å²) in [4.78, 5) is 17.8. The van der Waals surface area contributed by atoms with Crippen LogP contribution in [0.5, 0.6) is 0 Å². The average molecular weight is 373 g/mol. The molecule has 0 spiro atoms. The molecule has 1 aliphatic rings. The zero-order valence-corrected chi connectivity index (χ0v) is 14.9. The minimum absolute atomic E-state index is 0.233. The number of para-hydroxylation sites is 1. The molecule has 2 heterocycles. The lowest BCUT2D eigenvalue weighted by atomic mass is 10.1. The first kappa shape index (κ1) is 16.6. The first-order chi connectivity index (χ1) is 13.7. The van der Waals surface area contributed by atoms with E-state index in [9.17, 15) is 9.18 Å². The van der Waals surface area contributed by atoms with Crippen LogP contribution in [0.2, 0.25) is 0 Å². The molecular weight excluding hydrogens is 357 g/mol. The van der Waals surface area contributed by atoms with E-state index in [1.807, 2.05) is 48.5 Å². The molecule has 0 fully saturated rings. The minimum Gasteiger partial charge on any atom is -0.372 e. The first-order valence-electron chi connectivity index (χ1n) is 8.93. The SMILES string of the molecule is O=c1c2cc(F)ccc2nc(Nc2ccc3c(c2)COC3)n1-c1ccccc1. The average Bonchev–Trinajstić information content (AvgIpc) is 3.17. The van der Waals surface area contributed by atoms with E-state index < -0.39 is 5.82 Å². The van der Waals surface area contributed by atoms with Crippen molar-refractivity contribution in [2.45, 2.75) is 13.2 Å². The monoisotopic (exact) mass is 373 g/mol. The maximum Gasteiger partial charge on any atom is 0.267 e. The van der Waals surface area contributed by atoms with Gasteiger partial charge in [-0.2, -0.15) is 0 Å². The Kier molecular flexibility index (Phi) is 3.91. The van der Waals surface area contributed by atoms with Crippen LogP contribution in [0.1, 0.15) is 11.1 Å². The van der Waals surface area contributed by atoms with Gasteiger partial charge in [-0.05, 0) is 53.6 Å². The minimum atomic E-state index is -0.467. The van der Waals surface area contributed by atoms with Crippen LogP contribution in [0.3, 0.4) is 0 Å². The summed E-state index contributed by atoms with van der Waals surface area (Å²) in [5, 5.41) is 3.48. The van der Waals surface area contributed by atoms with Crippen molar-refractivity contribution in [3.05, 3.63) is 94.0 Å². The van der Waals surface area contributed by atoms with Gasteiger partial charge in [0.05, 0.1) is 29.8 Å². The van der Waals surface area contributed by atoms with Crippen LogP contribution in [-0.2, 0) is 18.0 Å². The Morgan fingerprint density at radius 1 is 0.964 bits per heavy atom. The maximum absolute atomic E-state index is 13.7. The molecule has 0 saturated carbocycles. The fourth-order valence-electron chi connectivity index (χ4n) is 3.44. The normalized spacial score (nSPS) is 12.9. The van der Waals surface area contributed by atoms with Gasteiger partial charge in [0.25, 0.3) is 5.56 Å². The smallest absolute Gasteiger partial charge is 0.267 e. The highest BCUT2D eigenvalue weighted by molar-refractivity contribution is 5.80. The number of rotatable bonds is 3. The quantitative estimate of drug-likeness (QED) is 0.582. The van der Waals surface area contributed by atoms with Gasteiger partial charge in [-0.25, -0.2) is 13.9 Å². The van der Waals surface area contributed by atoms with Gasteiger partial charge in [-0.3, -0.25) is 4.79 Å². The largest absolute Gasteiger partial charge is 0.372 e. The van der Waals surface area contributed by atoms with E-state index in [1.165, 1.54) is 22.8 Å². The second-order valence-corrected chi connectivity index (χ2v) is 6.67. The van der Waals surface area contributed by atoms with Crippen molar-refractivity contribution in [3.8, 4) is 5.69 Å². The van der Waals surface area contributed by atoms with Crippen LogP contribution in [0.15, 0.2) is 71.5 Å². The van der Waals surface area contributed by atoms with Crippen LogP contribution in [0.25, 0.3) is 16.6 Å². The molecule has 0 unspecified atom stereocenters. The topological polar surface area (TPSA) is 56.1 Å². The lowest BCUT2D eigenvalue weighted by molar-refractivity contribution is 0.134. The van der Waals surface area contributed by atoms with Gasteiger partial charge in [-0.15, -0.1) is 0 Å². The van der Waals surface area contributed by atoms with Crippen LogP contribution in [-0.4, -0.2) is 9.55 Å². The van der Waals surface area contributed by atoms with E-state index in [1.54, 1.807) is 0 Å². The van der Waals surface area contributed by atoms with Crippen molar-refractivity contribution in [3.63, 3.8) is 0 Å². The molecule has 1 aliphatic heterocycles. The van der Waals surface area contributed by atoms with Gasteiger partial charge < -0.3 is 10.1 Å². The second kappa shape index (κ2) is 6.58. The molecule has 0 aliphatic carbocycles. The summed E-state index contributed by atoms with van der Waals surface area (Å²) in [6, 6.07) is 19.2. The summed E-state index contributed by atoms with van der Waals surface area (Å²) in [5.74, 6) is -0.0977. The third-order valence-electron chi connectivity index (χ3n) is 4.82. The molecule has 0 atom stereocenters. The molecule has 28 heavy (non-hydrogen) atoms. The number of anilines is 2. The number of ether oxygens (including phenoxy) is 1. The summed E-state index contributed by atoms with van der Waals surface area (Å²) in [6.07, 6.45) is 0. The molecule has 0 bridgehead atoms. The highest BCUT2D eigenvalue weighted by Gasteiger charge is 2.16. The number of benzene rings is 3. The van der Waals surface area contributed by atoms with Gasteiger partial charge in [0.1, 0.15) is 5.82 Å². The Morgan fingerprint density at radius 2 is 1.79 bits per heavy atom. The van der Waals surface area contributed by atoms with Gasteiger partial charge in [0.15, 0.2) is 0 Å². The number of nitrogens with zero attached hydrogens (tertiary/aromatic N) is 2. The Bertz CT molecular complexity index is 1250. The number of hydrogen-bond donors (Lipinski definition) is 1. The lowest BCUT2D eigenvalue weighted by Crippen LogP contribution is -2.23. The van der Waals surface area contributed by atoms with Crippen LogP contribution >= 0.6 is 0 Å². The van der Waals surface area contributed by atoms with Crippen molar-refractivity contribution >= 4 is 22.5 Å². The summed E-state index contributed by atoms with van der Waals surface area (Å²) >= 11 is 0. The van der Waals surface area contributed by atoms with E-state index in [4.69, 9.17) is 4.74 Å². The highest BCUT2D eigenvalue weighted by atomic mass is 19.1. The fourth-order valence-corrected chi connectivity index (χ4v) is 3.44. The standard InChI is InChI=1S/C22H16FN3O2/c23-16-7-9-20-19(11-16)21(27)26(18-4-2-1-3-5-18)22(25-20)24-17-8-6-14-12-28-13-15(14)10-17/h1-11H,12-13H2,(H,24,25). The molecular formula is C22H16FN3O2. The Hall–Kier alpha value is -3.51. The molecule has 138 valence electrons. The summed E-state index contributed by atoms with van der Waals surface area (Å²) in [5.41, 5.74) is 3.84. The molecule has 5 rings (SSSR count). The Balaban J connectivity index is 1.70. The van der Waals surface area contributed by atoms with E-state index >= 15 is 0 Å². The van der Waals surface area contributed by atoms with Crippen molar-refractivity contribution in [1.29, 1.82) is 0 Å². The van der Waals surface area contributed by atoms with E-state index in [0.717, 1.165) is 16.8 Å². The molecule has 1 aromatic heterocycles. The van der Waals surface area contributed by atoms with Crippen LogP contribution in [0, 0.1) is 5.82 Å². The zero-order valence-electron chi connectivity index (χ0n) is 14.9. The van der Waals surface area contributed by atoms with Crippen LogP contribution < -0.4 is 10.9 Å². The Labute approximate surface area is 160 Å². The predicted molar refractivity (Wildman–Crippen MR) is 106 cm³/mol. The van der Waals surface area contributed by atoms with Gasteiger partial charge in [-0.1, -0.05) is 24.3 Å². The summed E-state index contributed by atoms with van der Waals surface area (Å²) in [7, 11) is 0. The first-order valence-corrected chi connectivity index (χ1v) is 8.93. The van der Waals surface area contributed by atoms with Crippen molar-refractivity contribution in [2.75, 3.05) is 5.32 Å². The molecule has 1 N–H and O–H groups in total. The third-order valence-corrected chi connectivity index (χ3v) is 4.82. The molecule has 6 heteroatoms. The number of nitrogens with one attached hydrogen (secondary N) is 1. The van der Waals surface area contributed by atoms with Gasteiger partial charge in [0, 0.05) is 5.69 Å². The van der Waals surface area contributed by atoms with Crippen molar-refractivity contribution < 1.29 is 9.13 Å². The summed E-state index contributed by atoms with van der Waals surface area (Å²) in [6.45, 7) is 1.19. The predicted octanol–water partition coefficient (Wildman–Crippen LogP) is 4.30. The van der Waals surface area contributed by atoms with Crippen LogP contribution in [0.4, 0.5) is 16.0 Å². The van der Waals surface area contributed by atoms with Gasteiger partial charge in [0.2, 0.25) is 5.95 Å². The van der Waals surface area contributed by atoms with E-state index in [-0.39, 0.29) is 10.9 Å². The van der Waals surface area contributed by atoms with Gasteiger partial charge >= 0.3 is 0 Å². The molecule has 4 aromatic rings. The van der Waals surface area contributed by atoms with E-state index in [0.29, 0.717) is 30.4 Å². The second-order valence-electron chi connectivity index (χ2n) is 6.67. The Morgan fingerprint density at radius 3 is 2.64 bits per heavy atom. The number of halogens is 1. The van der Waals surface area contributed by atoms with Crippen molar-refractivity contribution in [2.24, 2.45) is 0 Å². The molecule has 0 radical (unpaired) electrons. The molecule has 0 saturated heterocycles. The fraction of sp³-hybridized carbons (Fsp3) is 0.0909. The van der Waals surface area contributed by atoms with E-state index in [2.05, 4.69) is 10.3 Å². The third kappa shape index (κ3) is 2.84. The zero-order chi connectivity index (χ0) is 19.1. The summed E-state index contributed by atoms with van der Waals surface area (Å²) < 4.78 is 20.7. The highest BCUT2D eigenvalue weighted by Crippen LogP contribution is 2.26. The maximum atomic E-state index is 13.7. The van der Waals surface area contributed by atoms with Crippen molar-refractivity contribution in [1.82, 2.24) is 9.55 Å². The lowest BCUT2D eigenvalue weighted by Gasteiger charge is -2.15. The number of hydrogen-bond acceptors (Lipinski definition) is 4. The number of fused-ring (bicyclic) bond motifs is 2. The molecule has 5 nitrogen and oxygen atoms in total. The number of aromatic nitrogens is 2. The molecule has 3 aromatic carbocycles. The molecule has 0 amide bonds.